The van der Waals surface area contributed by atoms with Crippen LogP contribution in [0.4, 0.5) is 0 Å². The lowest BCUT2D eigenvalue weighted by Crippen LogP contribution is -2.36. The van der Waals surface area contributed by atoms with Gasteiger partial charge in [0.15, 0.2) is 5.82 Å². The summed E-state index contributed by atoms with van der Waals surface area (Å²) in [6.45, 7) is 13.0. The predicted molar refractivity (Wildman–Crippen MR) is 84.2 cm³/mol. The first kappa shape index (κ1) is 16.3. The van der Waals surface area contributed by atoms with E-state index in [0.29, 0.717) is 5.92 Å². The Morgan fingerprint density at radius 1 is 1.29 bits per heavy atom. The third-order valence-electron chi connectivity index (χ3n) is 3.85. The Hall–Kier alpha value is -1.04. The second-order valence-electron chi connectivity index (χ2n) is 6.38. The van der Waals surface area contributed by atoms with Crippen LogP contribution in [0.2, 0.25) is 0 Å². The smallest absolute Gasteiger partial charge is 0.158 e. The van der Waals surface area contributed by atoms with Crippen molar-refractivity contribution in [1.29, 1.82) is 0 Å². The molecular weight excluding hydrogens is 264 g/mol. The van der Waals surface area contributed by atoms with E-state index in [1.54, 1.807) is 0 Å². The van der Waals surface area contributed by atoms with Crippen LogP contribution in [0.5, 0.6) is 0 Å². The zero-order chi connectivity index (χ0) is 15.4. The fraction of sp³-hybridized carbons (Fsp3) is 0.750. The minimum atomic E-state index is -0.00109. The van der Waals surface area contributed by atoms with Gasteiger partial charge in [-0.05, 0) is 33.4 Å². The second-order valence-corrected chi connectivity index (χ2v) is 6.38. The lowest BCUT2D eigenvalue weighted by atomic mass is 10.1. The van der Waals surface area contributed by atoms with Crippen LogP contribution in [0, 0.1) is 19.8 Å². The summed E-state index contributed by atoms with van der Waals surface area (Å²) in [5.41, 5.74) is 3.33. The normalized spacial score (nSPS) is 20.2. The fourth-order valence-corrected chi connectivity index (χ4v) is 2.59. The van der Waals surface area contributed by atoms with Gasteiger partial charge in [0.1, 0.15) is 6.10 Å². The van der Waals surface area contributed by atoms with Gasteiger partial charge in [-0.3, -0.25) is 0 Å². The van der Waals surface area contributed by atoms with E-state index in [0.717, 1.165) is 50.0 Å². The molecule has 1 aliphatic rings. The molecule has 1 aromatic rings. The molecule has 118 valence electrons. The number of hydrogen-bond donors (Lipinski definition) is 1. The van der Waals surface area contributed by atoms with Gasteiger partial charge in [-0.15, -0.1) is 0 Å². The van der Waals surface area contributed by atoms with Crippen LogP contribution < -0.4 is 5.32 Å². The van der Waals surface area contributed by atoms with Crippen molar-refractivity contribution in [1.82, 2.24) is 20.2 Å². The Morgan fingerprint density at radius 2 is 1.95 bits per heavy atom. The average molecular weight is 292 g/mol. The predicted octanol–water partition coefficient (Wildman–Crippen LogP) is 1.84. The van der Waals surface area contributed by atoms with Crippen LogP contribution >= 0.6 is 0 Å². The van der Waals surface area contributed by atoms with Crippen LogP contribution in [0.1, 0.15) is 42.7 Å². The van der Waals surface area contributed by atoms with Crippen LogP contribution in [0.3, 0.4) is 0 Å². The van der Waals surface area contributed by atoms with Crippen LogP contribution in [-0.2, 0) is 11.3 Å². The minimum absolute atomic E-state index is 0.00109. The molecule has 5 nitrogen and oxygen atoms in total. The first-order valence-electron chi connectivity index (χ1n) is 7.82. The zero-order valence-corrected chi connectivity index (χ0v) is 13.9. The molecular formula is C16H28N4O. The highest BCUT2D eigenvalue weighted by atomic mass is 16.5. The maximum atomic E-state index is 5.81. The number of likely N-dealkylation sites (N-methyl/N-ethyl adjacent to an activating group) is 1. The molecule has 2 heterocycles. The number of aromatic nitrogens is 2. The minimum Gasteiger partial charge on any atom is -0.368 e. The van der Waals surface area contributed by atoms with Crippen LogP contribution in [-0.4, -0.2) is 48.2 Å². The molecule has 1 N–H and O–H groups in total. The lowest BCUT2D eigenvalue weighted by molar-refractivity contribution is -0.0256. The van der Waals surface area contributed by atoms with Crippen molar-refractivity contribution >= 4 is 0 Å². The molecule has 1 aromatic heterocycles. The van der Waals surface area contributed by atoms with E-state index in [4.69, 9.17) is 4.74 Å². The Bertz CT molecular complexity index is 452. The number of rotatable bonds is 5. The van der Waals surface area contributed by atoms with Crippen molar-refractivity contribution in [3.63, 3.8) is 0 Å². The largest absolute Gasteiger partial charge is 0.368 e. The van der Waals surface area contributed by atoms with Crippen molar-refractivity contribution in [2.45, 2.75) is 40.3 Å². The SMILES string of the molecule is Cc1nc(C2CN(C)CCO2)nc(C)c1CNCC(C)C. The zero-order valence-electron chi connectivity index (χ0n) is 13.9. The molecule has 0 spiro atoms. The third kappa shape index (κ3) is 4.46. The monoisotopic (exact) mass is 292 g/mol. The lowest BCUT2D eigenvalue weighted by Gasteiger charge is -2.29. The molecule has 1 atom stereocenters. The highest BCUT2D eigenvalue weighted by Crippen LogP contribution is 2.20. The Morgan fingerprint density at radius 3 is 2.52 bits per heavy atom. The first-order chi connectivity index (χ1) is 9.97. The van der Waals surface area contributed by atoms with Crippen molar-refractivity contribution in [3.8, 4) is 0 Å². The van der Waals surface area contributed by atoms with E-state index in [9.17, 15) is 0 Å². The molecule has 21 heavy (non-hydrogen) atoms. The summed E-state index contributed by atoms with van der Waals surface area (Å²) in [5, 5.41) is 3.47. The summed E-state index contributed by atoms with van der Waals surface area (Å²) < 4.78 is 5.81. The highest BCUT2D eigenvalue weighted by Gasteiger charge is 2.23. The van der Waals surface area contributed by atoms with Gasteiger partial charge in [0, 0.05) is 36.6 Å². The molecule has 0 bridgehead atoms. The Kier molecular flexibility index (Phi) is 5.67. The molecule has 2 rings (SSSR count). The molecule has 0 saturated carbocycles. The number of ether oxygens (including phenoxy) is 1. The van der Waals surface area contributed by atoms with Gasteiger partial charge in [0.05, 0.1) is 6.61 Å². The van der Waals surface area contributed by atoms with Gasteiger partial charge in [-0.1, -0.05) is 13.8 Å². The number of aryl methyl sites for hydroxylation is 2. The molecule has 1 unspecified atom stereocenters. The topological polar surface area (TPSA) is 50.3 Å². The molecule has 5 heteroatoms. The molecule has 0 aliphatic carbocycles. The van der Waals surface area contributed by atoms with E-state index >= 15 is 0 Å². The number of morpholine rings is 1. The van der Waals surface area contributed by atoms with E-state index in [2.05, 4.69) is 54.9 Å². The third-order valence-corrected chi connectivity index (χ3v) is 3.85. The Balaban J connectivity index is 2.09. The average Bonchev–Trinajstić information content (AvgIpc) is 2.41. The van der Waals surface area contributed by atoms with Gasteiger partial charge in [-0.25, -0.2) is 9.97 Å². The van der Waals surface area contributed by atoms with E-state index < -0.39 is 0 Å². The summed E-state index contributed by atoms with van der Waals surface area (Å²) in [5.74, 6) is 1.47. The van der Waals surface area contributed by atoms with Crippen molar-refractivity contribution in [2.24, 2.45) is 5.92 Å². The van der Waals surface area contributed by atoms with Crippen molar-refractivity contribution in [3.05, 3.63) is 22.8 Å². The molecule has 1 saturated heterocycles. The number of nitrogens with zero attached hydrogens (tertiary/aromatic N) is 3. The van der Waals surface area contributed by atoms with Gasteiger partial charge < -0.3 is 15.0 Å². The Labute approximate surface area is 128 Å². The van der Waals surface area contributed by atoms with Gasteiger partial charge in [-0.2, -0.15) is 0 Å². The second kappa shape index (κ2) is 7.29. The molecule has 0 radical (unpaired) electrons. The molecule has 1 fully saturated rings. The maximum absolute atomic E-state index is 5.81. The van der Waals surface area contributed by atoms with E-state index in [1.165, 1.54) is 5.56 Å². The van der Waals surface area contributed by atoms with Gasteiger partial charge in [0.2, 0.25) is 0 Å². The standard InChI is InChI=1S/C16H28N4O/c1-11(2)8-17-9-14-12(3)18-16(19-13(14)4)15-10-20(5)6-7-21-15/h11,15,17H,6-10H2,1-5H3. The first-order valence-corrected chi connectivity index (χ1v) is 7.82. The van der Waals surface area contributed by atoms with Crippen molar-refractivity contribution in [2.75, 3.05) is 33.3 Å². The summed E-state index contributed by atoms with van der Waals surface area (Å²) >= 11 is 0. The van der Waals surface area contributed by atoms with E-state index in [-0.39, 0.29) is 6.10 Å². The highest BCUT2D eigenvalue weighted by molar-refractivity contribution is 5.24. The van der Waals surface area contributed by atoms with E-state index in [1.807, 2.05) is 0 Å². The van der Waals surface area contributed by atoms with Crippen molar-refractivity contribution < 1.29 is 4.74 Å². The summed E-state index contributed by atoms with van der Waals surface area (Å²) in [6, 6.07) is 0. The summed E-state index contributed by atoms with van der Waals surface area (Å²) in [7, 11) is 2.11. The van der Waals surface area contributed by atoms with Crippen LogP contribution in [0.25, 0.3) is 0 Å². The molecule has 0 aromatic carbocycles. The number of nitrogens with one attached hydrogen (secondary N) is 1. The van der Waals surface area contributed by atoms with Gasteiger partial charge >= 0.3 is 0 Å². The summed E-state index contributed by atoms with van der Waals surface area (Å²) in [4.78, 5) is 11.6. The number of hydrogen-bond acceptors (Lipinski definition) is 5. The van der Waals surface area contributed by atoms with Crippen LogP contribution in [0.15, 0.2) is 0 Å². The molecule has 0 amide bonds. The quantitative estimate of drug-likeness (QED) is 0.897. The van der Waals surface area contributed by atoms with Gasteiger partial charge in [0.25, 0.3) is 0 Å². The fourth-order valence-electron chi connectivity index (χ4n) is 2.59. The summed E-state index contributed by atoms with van der Waals surface area (Å²) in [6.07, 6.45) is -0.00109. The maximum Gasteiger partial charge on any atom is 0.158 e. The molecule has 1 aliphatic heterocycles.